The van der Waals surface area contributed by atoms with Crippen molar-refractivity contribution in [2.24, 2.45) is 0 Å². The van der Waals surface area contributed by atoms with E-state index < -0.39 is 0 Å². The Labute approximate surface area is 128 Å². The van der Waals surface area contributed by atoms with Gasteiger partial charge in [0, 0.05) is 6.04 Å². The molecule has 0 aliphatic rings. The number of phenols is 1. The number of anilines is 1. The van der Waals surface area contributed by atoms with Gasteiger partial charge in [-0.1, -0.05) is 35.3 Å². The second kappa shape index (κ2) is 6.25. The lowest BCUT2D eigenvalue weighted by Gasteiger charge is -2.18. The molecule has 0 saturated heterocycles. The van der Waals surface area contributed by atoms with E-state index in [4.69, 9.17) is 27.9 Å². The SMILES string of the molecule is COc1cc(C(C)Nc2c(Cl)cccc2Cl)ccc1O. The van der Waals surface area contributed by atoms with Crippen LogP contribution >= 0.6 is 23.2 Å². The number of para-hydroxylation sites is 1. The highest BCUT2D eigenvalue weighted by molar-refractivity contribution is 6.39. The van der Waals surface area contributed by atoms with E-state index in [1.165, 1.54) is 7.11 Å². The molecule has 0 bridgehead atoms. The normalized spacial score (nSPS) is 12.0. The van der Waals surface area contributed by atoms with Gasteiger partial charge in [-0.05, 0) is 36.8 Å². The highest BCUT2D eigenvalue weighted by atomic mass is 35.5. The van der Waals surface area contributed by atoms with E-state index in [1.54, 1.807) is 30.3 Å². The molecule has 2 aromatic rings. The fourth-order valence-corrected chi connectivity index (χ4v) is 2.41. The van der Waals surface area contributed by atoms with E-state index in [0.29, 0.717) is 21.5 Å². The van der Waals surface area contributed by atoms with E-state index in [1.807, 2.05) is 13.0 Å². The van der Waals surface area contributed by atoms with Gasteiger partial charge in [0.1, 0.15) is 0 Å². The Balaban J connectivity index is 2.26. The fourth-order valence-electron chi connectivity index (χ4n) is 1.90. The summed E-state index contributed by atoms with van der Waals surface area (Å²) in [5.74, 6) is 0.542. The minimum absolute atomic E-state index is 0.0399. The standard InChI is InChI=1S/C15H15Cl2NO2/c1-9(10-6-7-13(19)14(8-10)20-2)18-15-11(16)4-3-5-12(15)17/h3-9,18-19H,1-2H3. The number of methoxy groups -OCH3 is 1. The van der Waals surface area contributed by atoms with Gasteiger partial charge in [-0.2, -0.15) is 0 Å². The van der Waals surface area contributed by atoms with Crippen LogP contribution in [0.1, 0.15) is 18.5 Å². The predicted molar refractivity (Wildman–Crippen MR) is 83.2 cm³/mol. The summed E-state index contributed by atoms with van der Waals surface area (Å²) in [5.41, 5.74) is 1.64. The molecule has 0 aliphatic heterocycles. The van der Waals surface area contributed by atoms with Crippen molar-refractivity contribution in [3.8, 4) is 11.5 Å². The number of hydrogen-bond donors (Lipinski definition) is 2. The smallest absolute Gasteiger partial charge is 0.160 e. The topological polar surface area (TPSA) is 41.5 Å². The van der Waals surface area contributed by atoms with Crippen LogP contribution in [0.4, 0.5) is 5.69 Å². The molecular weight excluding hydrogens is 297 g/mol. The molecular formula is C15H15Cl2NO2. The van der Waals surface area contributed by atoms with E-state index in [2.05, 4.69) is 5.32 Å². The summed E-state index contributed by atoms with van der Waals surface area (Å²) in [6.07, 6.45) is 0. The Morgan fingerprint density at radius 3 is 2.40 bits per heavy atom. The molecule has 0 heterocycles. The zero-order valence-corrected chi connectivity index (χ0v) is 12.7. The Morgan fingerprint density at radius 2 is 1.80 bits per heavy atom. The van der Waals surface area contributed by atoms with Crippen molar-refractivity contribution in [3.05, 3.63) is 52.0 Å². The first-order chi connectivity index (χ1) is 9.52. The molecule has 0 saturated carbocycles. The number of rotatable bonds is 4. The van der Waals surface area contributed by atoms with Crippen molar-refractivity contribution in [2.75, 3.05) is 12.4 Å². The largest absolute Gasteiger partial charge is 0.504 e. The lowest BCUT2D eigenvalue weighted by molar-refractivity contribution is 0.373. The highest BCUT2D eigenvalue weighted by Gasteiger charge is 2.12. The van der Waals surface area contributed by atoms with Gasteiger partial charge in [0.05, 0.1) is 22.8 Å². The average molecular weight is 312 g/mol. The summed E-state index contributed by atoms with van der Waals surface area (Å²) in [4.78, 5) is 0. The number of nitrogens with one attached hydrogen (secondary N) is 1. The van der Waals surface area contributed by atoms with Gasteiger partial charge in [0.25, 0.3) is 0 Å². The number of phenolic OH excluding ortho intramolecular Hbond substituents is 1. The van der Waals surface area contributed by atoms with Crippen molar-refractivity contribution in [1.29, 1.82) is 0 Å². The fraction of sp³-hybridized carbons (Fsp3) is 0.200. The van der Waals surface area contributed by atoms with E-state index in [0.717, 1.165) is 5.56 Å². The Morgan fingerprint density at radius 1 is 1.15 bits per heavy atom. The first-order valence-corrected chi connectivity index (χ1v) is 6.86. The van der Waals surface area contributed by atoms with Crippen LogP contribution in [0.2, 0.25) is 10.0 Å². The molecule has 0 amide bonds. The first-order valence-electron chi connectivity index (χ1n) is 6.10. The molecule has 2 aromatic carbocycles. The molecule has 2 N–H and O–H groups in total. The van der Waals surface area contributed by atoms with Crippen LogP contribution in [-0.2, 0) is 0 Å². The zero-order valence-electron chi connectivity index (χ0n) is 11.2. The summed E-state index contributed by atoms with van der Waals surface area (Å²) in [6, 6.07) is 10.5. The summed E-state index contributed by atoms with van der Waals surface area (Å²) >= 11 is 12.3. The van der Waals surface area contributed by atoms with Gasteiger partial charge in [-0.3, -0.25) is 0 Å². The van der Waals surface area contributed by atoms with Crippen LogP contribution in [-0.4, -0.2) is 12.2 Å². The highest BCUT2D eigenvalue weighted by Crippen LogP contribution is 2.34. The maximum atomic E-state index is 9.61. The van der Waals surface area contributed by atoms with E-state index in [9.17, 15) is 5.11 Å². The number of halogens is 2. The average Bonchev–Trinajstić information content (AvgIpc) is 2.43. The van der Waals surface area contributed by atoms with Crippen LogP contribution in [0.25, 0.3) is 0 Å². The molecule has 5 heteroatoms. The molecule has 20 heavy (non-hydrogen) atoms. The van der Waals surface area contributed by atoms with Gasteiger partial charge in [0.2, 0.25) is 0 Å². The maximum absolute atomic E-state index is 9.61. The van der Waals surface area contributed by atoms with Crippen molar-refractivity contribution >= 4 is 28.9 Å². The van der Waals surface area contributed by atoms with Crippen LogP contribution in [0.15, 0.2) is 36.4 Å². The lowest BCUT2D eigenvalue weighted by atomic mass is 10.1. The number of aromatic hydroxyl groups is 1. The molecule has 0 fully saturated rings. The van der Waals surface area contributed by atoms with Crippen LogP contribution in [0.5, 0.6) is 11.5 Å². The summed E-state index contributed by atoms with van der Waals surface area (Å²) in [7, 11) is 1.52. The third-order valence-electron chi connectivity index (χ3n) is 3.03. The molecule has 0 aliphatic carbocycles. The maximum Gasteiger partial charge on any atom is 0.160 e. The molecule has 2 rings (SSSR count). The van der Waals surface area contributed by atoms with E-state index >= 15 is 0 Å². The number of ether oxygens (including phenoxy) is 1. The van der Waals surface area contributed by atoms with Gasteiger partial charge < -0.3 is 15.2 Å². The minimum atomic E-state index is -0.0399. The van der Waals surface area contributed by atoms with Crippen LogP contribution in [0, 0.1) is 0 Å². The molecule has 106 valence electrons. The Bertz CT molecular complexity index is 597. The summed E-state index contributed by atoms with van der Waals surface area (Å²) in [5, 5.41) is 14.0. The Kier molecular flexibility index (Phi) is 4.63. The second-order valence-electron chi connectivity index (χ2n) is 4.39. The summed E-state index contributed by atoms with van der Waals surface area (Å²) < 4.78 is 5.10. The quantitative estimate of drug-likeness (QED) is 0.845. The molecule has 1 unspecified atom stereocenters. The van der Waals surface area contributed by atoms with Crippen molar-refractivity contribution in [1.82, 2.24) is 0 Å². The predicted octanol–water partition coefficient (Wildman–Crippen LogP) is 4.88. The van der Waals surface area contributed by atoms with Crippen molar-refractivity contribution in [3.63, 3.8) is 0 Å². The monoisotopic (exact) mass is 311 g/mol. The van der Waals surface area contributed by atoms with Crippen LogP contribution in [0.3, 0.4) is 0 Å². The summed E-state index contributed by atoms with van der Waals surface area (Å²) in [6.45, 7) is 1.98. The third-order valence-corrected chi connectivity index (χ3v) is 3.66. The first kappa shape index (κ1) is 14.8. The number of hydrogen-bond acceptors (Lipinski definition) is 3. The second-order valence-corrected chi connectivity index (χ2v) is 5.21. The molecule has 1 atom stereocenters. The molecule has 3 nitrogen and oxygen atoms in total. The molecule has 0 spiro atoms. The third kappa shape index (κ3) is 3.11. The van der Waals surface area contributed by atoms with Gasteiger partial charge in [0.15, 0.2) is 11.5 Å². The minimum Gasteiger partial charge on any atom is -0.504 e. The molecule has 0 radical (unpaired) electrons. The molecule has 0 aromatic heterocycles. The lowest BCUT2D eigenvalue weighted by Crippen LogP contribution is -2.07. The van der Waals surface area contributed by atoms with E-state index in [-0.39, 0.29) is 11.8 Å². The van der Waals surface area contributed by atoms with Crippen LogP contribution < -0.4 is 10.1 Å². The Hall–Kier alpha value is -1.58. The zero-order chi connectivity index (χ0) is 14.7. The van der Waals surface area contributed by atoms with Gasteiger partial charge >= 0.3 is 0 Å². The number of benzene rings is 2. The van der Waals surface area contributed by atoms with Gasteiger partial charge in [-0.25, -0.2) is 0 Å². The van der Waals surface area contributed by atoms with Gasteiger partial charge in [-0.15, -0.1) is 0 Å². The van der Waals surface area contributed by atoms with Crippen molar-refractivity contribution < 1.29 is 9.84 Å². The van der Waals surface area contributed by atoms with Crippen molar-refractivity contribution in [2.45, 2.75) is 13.0 Å².